The normalized spacial score (nSPS) is 23.4. The van der Waals surface area contributed by atoms with Crippen molar-refractivity contribution in [2.45, 2.75) is 32.1 Å². The molecule has 0 spiro atoms. The molecule has 6 nitrogen and oxygen atoms in total. The summed E-state index contributed by atoms with van der Waals surface area (Å²) in [5.41, 5.74) is -0.382. The van der Waals surface area contributed by atoms with E-state index in [0.29, 0.717) is 18.4 Å². The van der Waals surface area contributed by atoms with E-state index < -0.39 is 5.69 Å². The molecule has 1 aliphatic heterocycles. The zero-order chi connectivity index (χ0) is 11.7. The van der Waals surface area contributed by atoms with Crippen LogP contribution in [-0.2, 0) is 4.74 Å². The highest BCUT2D eigenvalue weighted by Crippen LogP contribution is 2.26. The first-order valence-corrected chi connectivity index (χ1v) is 5.20. The molecule has 0 radical (unpaired) electrons. The molecule has 1 saturated heterocycles. The minimum absolute atomic E-state index is 0. The third-order valence-electron chi connectivity index (χ3n) is 2.74. The highest BCUT2D eigenvalue weighted by Gasteiger charge is 2.26. The SMILES string of the molecule is Cc1cn([C@H]2CC[C@@H](CO)O2)c(=O)[nH]c1=O.I. The summed E-state index contributed by atoms with van der Waals surface area (Å²) in [6.45, 7) is 1.58. The number of nitrogens with one attached hydrogen (secondary N) is 1. The maximum Gasteiger partial charge on any atom is 0.330 e. The van der Waals surface area contributed by atoms with Gasteiger partial charge in [0.2, 0.25) is 0 Å². The van der Waals surface area contributed by atoms with Gasteiger partial charge in [-0.3, -0.25) is 14.3 Å². The number of hydrogen-bond acceptors (Lipinski definition) is 4. The van der Waals surface area contributed by atoms with Crippen molar-refractivity contribution >= 4 is 24.0 Å². The van der Waals surface area contributed by atoms with Crippen molar-refractivity contribution in [2.75, 3.05) is 6.61 Å². The molecule has 2 rings (SSSR count). The van der Waals surface area contributed by atoms with Crippen LogP contribution in [-0.4, -0.2) is 27.4 Å². The molecule has 1 aromatic rings. The minimum Gasteiger partial charge on any atom is -0.394 e. The topological polar surface area (TPSA) is 84.3 Å². The number of aliphatic hydroxyl groups excluding tert-OH is 1. The van der Waals surface area contributed by atoms with Crippen LogP contribution in [0.2, 0.25) is 0 Å². The molecular formula is C10H15IN2O4. The maximum absolute atomic E-state index is 11.5. The van der Waals surface area contributed by atoms with Crippen LogP contribution in [0.15, 0.2) is 15.8 Å². The molecule has 0 amide bonds. The number of aliphatic hydroxyl groups is 1. The Morgan fingerprint density at radius 3 is 2.82 bits per heavy atom. The summed E-state index contributed by atoms with van der Waals surface area (Å²) in [6.07, 6.45) is 2.26. The summed E-state index contributed by atoms with van der Waals surface area (Å²) in [5, 5.41) is 8.93. The van der Waals surface area contributed by atoms with E-state index in [1.54, 1.807) is 6.92 Å². The van der Waals surface area contributed by atoms with Crippen molar-refractivity contribution in [1.82, 2.24) is 9.55 Å². The van der Waals surface area contributed by atoms with Gasteiger partial charge in [0.1, 0.15) is 6.23 Å². The molecule has 2 heterocycles. The Bertz CT molecular complexity index is 496. The smallest absolute Gasteiger partial charge is 0.330 e. The highest BCUT2D eigenvalue weighted by molar-refractivity contribution is 14.0. The summed E-state index contributed by atoms with van der Waals surface area (Å²) in [7, 11) is 0. The van der Waals surface area contributed by atoms with Crippen molar-refractivity contribution in [2.24, 2.45) is 0 Å². The largest absolute Gasteiger partial charge is 0.394 e. The fourth-order valence-corrected chi connectivity index (χ4v) is 1.83. The number of hydrogen-bond donors (Lipinski definition) is 2. The number of halogens is 1. The standard InChI is InChI=1S/C10H14N2O4.HI/c1-6-4-12(10(15)11-9(6)14)8-3-2-7(5-13)16-8;/h4,7-8,13H,2-3,5H2,1H3,(H,11,14,15);1H/t7-,8+;/m0./s1. The van der Waals surface area contributed by atoms with Crippen molar-refractivity contribution in [3.05, 3.63) is 32.6 Å². The molecule has 0 aromatic carbocycles. The zero-order valence-corrected chi connectivity index (χ0v) is 11.7. The van der Waals surface area contributed by atoms with Gasteiger partial charge < -0.3 is 9.84 Å². The average Bonchev–Trinajstić information content (AvgIpc) is 2.71. The van der Waals surface area contributed by atoms with Gasteiger partial charge in [-0.05, 0) is 19.8 Å². The molecule has 0 aliphatic carbocycles. The molecule has 2 N–H and O–H groups in total. The minimum atomic E-state index is -0.473. The maximum atomic E-state index is 11.5. The lowest BCUT2D eigenvalue weighted by molar-refractivity contribution is -0.0247. The first-order valence-electron chi connectivity index (χ1n) is 5.20. The lowest BCUT2D eigenvalue weighted by Gasteiger charge is -2.14. The van der Waals surface area contributed by atoms with Gasteiger partial charge in [-0.25, -0.2) is 4.79 Å². The number of aromatic nitrogens is 2. The molecule has 0 unspecified atom stereocenters. The second-order valence-electron chi connectivity index (χ2n) is 3.95. The third-order valence-corrected chi connectivity index (χ3v) is 2.74. The number of rotatable bonds is 2. The Hall–Kier alpha value is -0.670. The fraction of sp³-hybridized carbons (Fsp3) is 0.600. The van der Waals surface area contributed by atoms with Gasteiger partial charge in [-0.2, -0.15) is 0 Å². The van der Waals surface area contributed by atoms with E-state index in [-0.39, 0.29) is 48.5 Å². The molecule has 7 heteroatoms. The van der Waals surface area contributed by atoms with Crippen LogP contribution in [0.1, 0.15) is 24.6 Å². The molecule has 1 fully saturated rings. The fourth-order valence-electron chi connectivity index (χ4n) is 1.83. The van der Waals surface area contributed by atoms with E-state index in [2.05, 4.69) is 4.98 Å². The third kappa shape index (κ3) is 2.96. The van der Waals surface area contributed by atoms with E-state index >= 15 is 0 Å². The van der Waals surface area contributed by atoms with Crippen molar-refractivity contribution in [3.8, 4) is 0 Å². The number of H-pyrrole nitrogens is 1. The zero-order valence-electron chi connectivity index (χ0n) is 9.38. The van der Waals surface area contributed by atoms with Gasteiger partial charge in [0, 0.05) is 11.8 Å². The number of ether oxygens (including phenoxy) is 1. The molecule has 96 valence electrons. The molecule has 1 aliphatic rings. The molecule has 2 atom stereocenters. The monoisotopic (exact) mass is 354 g/mol. The number of aryl methyl sites for hydroxylation is 1. The van der Waals surface area contributed by atoms with Crippen molar-refractivity contribution < 1.29 is 9.84 Å². The first kappa shape index (κ1) is 14.4. The Balaban J connectivity index is 0.00000144. The van der Waals surface area contributed by atoms with Crippen molar-refractivity contribution in [1.29, 1.82) is 0 Å². The van der Waals surface area contributed by atoms with Gasteiger partial charge in [0.25, 0.3) is 5.56 Å². The summed E-state index contributed by atoms with van der Waals surface area (Å²) in [5.74, 6) is 0. The van der Waals surface area contributed by atoms with Crippen LogP contribution in [0.25, 0.3) is 0 Å². The molecule has 1 aromatic heterocycles. The Labute approximate surface area is 115 Å². The highest BCUT2D eigenvalue weighted by atomic mass is 127. The number of aromatic amines is 1. The Kier molecular flexibility index (Phi) is 4.90. The lowest BCUT2D eigenvalue weighted by atomic mass is 10.2. The van der Waals surface area contributed by atoms with E-state index in [4.69, 9.17) is 9.84 Å². The second kappa shape index (κ2) is 5.78. The predicted octanol–water partition coefficient (Wildman–Crippen LogP) is 0.133. The average molecular weight is 354 g/mol. The summed E-state index contributed by atoms with van der Waals surface area (Å²) in [4.78, 5) is 24.9. The van der Waals surface area contributed by atoms with Crippen LogP contribution >= 0.6 is 24.0 Å². The van der Waals surface area contributed by atoms with E-state index in [0.717, 1.165) is 0 Å². The molecule has 0 saturated carbocycles. The Morgan fingerprint density at radius 1 is 1.53 bits per heavy atom. The van der Waals surface area contributed by atoms with Crippen LogP contribution in [0.4, 0.5) is 0 Å². The summed E-state index contributed by atoms with van der Waals surface area (Å²) in [6, 6.07) is 0. The van der Waals surface area contributed by atoms with Gasteiger partial charge >= 0.3 is 5.69 Å². The molecule has 17 heavy (non-hydrogen) atoms. The lowest BCUT2D eigenvalue weighted by Crippen LogP contribution is -2.33. The van der Waals surface area contributed by atoms with Gasteiger partial charge in [-0.15, -0.1) is 24.0 Å². The van der Waals surface area contributed by atoms with Crippen molar-refractivity contribution in [3.63, 3.8) is 0 Å². The van der Waals surface area contributed by atoms with Gasteiger partial charge in [0.15, 0.2) is 0 Å². The second-order valence-corrected chi connectivity index (χ2v) is 3.95. The van der Waals surface area contributed by atoms with E-state index in [1.165, 1.54) is 10.8 Å². The first-order chi connectivity index (χ1) is 7.61. The quantitative estimate of drug-likeness (QED) is 0.740. The van der Waals surface area contributed by atoms with Crippen LogP contribution in [0.5, 0.6) is 0 Å². The molecule has 0 bridgehead atoms. The summed E-state index contributed by atoms with van der Waals surface area (Å²) >= 11 is 0. The van der Waals surface area contributed by atoms with Gasteiger partial charge in [-0.1, -0.05) is 0 Å². The van der Waals surface area contributed by atoms with Gasteiger partial charge in [0.05, 0.1) is 12.7 Å². The van der Waals surface area contributed by atoms with E-state index in [9.17, 15) is 9.59 Å². The van der Waals surface area contributed by atoms with Crippen LogP contribution in [0, 0.1) is 6.92 Å². The Morgan fingerprint density at radius 2 is 2.24 bits per heavy atom. The van der Waals surface area contributed by atoms with E-state index in [1.807, 2.05) is 0 Å². The predicted molar refractivity (Wildman–Crippen MR) is 71.7 cm³/mol. The molecular weight excluding hydrogens is 339 g/mol. The van der Waals surface area contributed by atoms with Crippen LogP contribution in [0.3, 0.4) is 0 Å². The summed E-state index contributed by atoms with van der Waals surface area (Å²) < 4.78 is 6.83. The number of nitrogens with zero attached hydrogens (tertiary/aromatic N) is 1. The van der Waals surface area contributed by atoms with Crippen LogP contribution < -0.4 is 11.2 Å².